The van der Waals surface area contributed by atoms with Crippen LogP contribution < -0.4 is 0 Å². The summed E-state index contributed by atoms with van der Waals surface area (Å²) >= 11 is 3.00. The molecule has 0 saturated carbocycles. The van der Waals surface area contributed by atoms with Crippen molar-refractivity contribution in [3.8, 4) is 0 Å². The zero-order valence-corrected chi connectivity index (χ0v) is 11.0. The second-order valence-corrected chi connectivity index (χ2v) is 4.95. The monoisotopic (exact) mass is 315 g/mol. The molecule has 0 aliphatic carbocycles. The Morgan fingerprint density at radius 3 is 2.83 bits per heavy atom. The molecule has 1 heterocycles. The third-order valence-corrected chi connectivity index (χ3v) is 3.59. The molecule has 1 atom stereocenters. The zero-order valence-electron chi connectivity index (χ0n) is 9.40. The first-order valence-corrected chi connectivity index (χ1v) is 6.29. The van der Waals surface area contributed by atoms with E-state index >= 15 is 0 Å². The number of carbonyl (C=O) groups is 2. The molecule has 0 aromatic heterocycles. The average molecular weight is 316 g/mol. The maximum atomic E-state index is 13.8. The van der Waals surface area contributed by atoms with Crippen LogP contribution in [0.15, 0.2) is 22.7 Å². The van der Waals surface area contributed by atoms with Crippen LogP contribution >= 0.6 is 15.9 Å². The molecule has 0 spiro atoms. The second-order valence-electron chi connectivity index (χ2n) is 4.10. The van der Waals surface area contributed by atoms with Gasteiger partial charge in [0.15, 0.2) is 0 Å². The van der Waals surface area contributed by atoms with Crippen molar-refractivity contribution in [3.05, 3.63) is 34.1 Å². The molecule has 1 fully saturated rings. The standard InChI is InChI=1S/C12H11BrFNO3/c13-8-4-1-3-7(10(8)14)11(16)15-6-2-5-9(15)12(17)18/h1,3-4,9H,2,5-6H2,(H,17,18). The highest BCUT2D eigenvalue weighted by Gasteiger charge is 2.35. The number of amides is 1. The van der Waals surface area contributed by atoms with Gasteiger partial charge >= 0.3 is 5.97 Å². The van der Waals surface area contributed by atoms with Crippen LogP contribution in [0.25, 0.3) is 0 Å². The minimum atomic E-state index is -1.05. The second kappa shape index (κ2) is 5.06. The van der Waals surface area contributed by atoms with Crippen molar-refractivity contribution in [2.24, 2.45) is 0 Å². The molecule has 1 amide bonds. The van der Waals surface area contributed by atoms with Gasteiger partial charge in [0.05, 0.1) is 10.0 Å². The summed E-state index contributed by atoms with van der Waals surface area (Å²) in [5, 5.41) is 9.01. The number of aliphatic carboxylic acids is 1. The summed E-state index contributed by atoms with van der Waals surface area (Å²) in [7, 11) is 0. The van der Waals surface area contributed by atoms with Gasteiger partial charge < -0.3 is 10.0 Å². The van der Waals surface area contributed by atoms with Crippen LogP contribution in [0.2, 0.25) is 0 Å². The van der Waals surface area contributed by atoms with Gasteiger partial charge in [-0.2, -0.15) is 0 Å². The molecule has 0 bridgehead atoms. The smallest absolute Gasteiger partial charge is 0.326 e. The molecular formula is C12H11BrFNO3. The summed E-state index contributed by atoms with van der Waals surface area (Å²) in [5.41, 5.74) is -0.0995. The van der Waals surface area contributed by atoms with Crippen molar-refractivity contribution in [1.29, 1.82) is 0 Å². The number of hydrogen-bond donors (Lipinski definition) is 1. The highest BCUT2D eigenvalue weighted by Crippen LogP contribution is 2.24. The van der Waals surface area contributed by atoms with E-state index in [0.29, 0.717) is 19.4 Å². The SMILES string of the molecule is O=C(O)C1CCCN1C(=O)c1cccc(Br)c1F. The quantitative estimate of drug-likeness (QED) is 0.911. The Bertz CT molecular complexity index is 506. The van der Waals surface area contributed by atoms with Gasteiger partial charge in [0.1, 0.15) is 11.9 Å². The molecule has 96 valence electrons. The van der Waals surface area contributed by atoms with Crippen LogP contribution in [-0.4, -0.2) is 34.5 Å². The Kier molecular flexibility index (Phi) is 3.65. The fourth-order valence-electron chi connectivity index (χ4n) is 2.09. The predicted octanol–water partition coefficient (Wildman–Crippen LogP) is 2.28. The minimum Gasteiger partial charge on any atom is -0.480 e. The Balaban J connectivity index is 2.31. The fraction of sp³-hybridized carbons (Fsp3) is 0.333. The molecule has 6 heteroatoms. The van der Waals surface area contributed by atoms with Gasteiger partial charge in [-0.1, -0.05) is 6.07 Å². The maximum Gasteiger partial charge on any atom is 0.326 e. The molecule has 1 aromatic carbocycles. The van der Waals surface area contributed by atoms with Gasteiger partial charge in [0, 0.05) is 6.54 Å². The minimum absolute atomic E-state index is 0.0995. The molecule has 1 unspecified atom stereocenters. The number of benzene rings is 1. The third-order valence-electron chi connectivity index (χ3n) is 2.98. The van der Waals surface area contributed by atoms with E-state index in [0.717, 1.165) is 0 Å². The largest absolute Gasteiger partial charge is 0.480 e. The first-order chi connectivity index (χ1) is 8.52. The summed E-state index contributed by atoms with van der Waals surface area (Å²) in [4.78, 5) is 24.4. The lowest BCUT2D eigenvalue weighted by molar-refractivity contribution is -0.141. The lowest BCUT2D eigenvalue weighted by Crippen LogP contribution is -2.40. The summed E-state index contributed by atoms with van der Waals surface area (Å²) < 4.78 is 14.0. The maximum absolute atomic E-state index is 13.8. The molecule has 4 nitrogen and oxygen atoms in total. The van der Waals surface area contributed by atoms with Gasteiger partial charge in [0.25, 0.3) is 5.91 Å². The Morgan fingerprint density at radius 2 is 2.17 bits per heavy atom. The molecule has 18 heavy (non-hydrogen) atoms. The fourth-order valence-corrected chi connectivity index (χ4v) is 2.46. The predicted molar refractivity (Wildman–Crippen MR) is 65.8 cm³/mol. The zero-order chi connectivity index (χ0) is 13.3. The van der Waals surface area contributed by atoms with Crippen LogP contribution in [-0.2, 0) is 4.79 Å². The molecule has 2 rings (SSSR count). The van der Waals surface area contributed by atoms with Crippen molar-refractivity contribution in [1.82, 2.24) is 4.90 Å². The lowest BCUT2D eigenvalue weighted by atomic mass is 10.1. The van der Waals surface area contributed by atoms with E-state index in [1.807, 2.05) is 0 Å². The number of hydrogen-bond acceptors (Lipinski definition) is 2. The molecule has 1 N–H and O–H groups in total. The van der Waals surface area contributed by atoms with Crippen molar-refractivity contribution < 1.29 is 19.1 Å². The molecule has 1 aromatic rings. The van der Waals surface area contributed by atoms with Crippen molar-refractivity contribution in [3.63, 3.8) is 0 Å². The van der Waals surface area contributed by atoms with Gasteiger partial charge in [-0.3, -0.25) is 4.79 Å². The van der Waals surface area contributed by atoms with E-state index in [-0.39, 0.29) is 10.0 Å². The Morgan fingerprint density at radius 1 is 1.44 bits per heavy atom. The number of carboxylic acids is 1. The molecule has 1 aliphatic heterocycles. The van der Waals surface area contributed by atoms with Crippen LogP contribution in [0.4, 0.5) is 4.39 Å². The number of carbonyl (C=O) groups excluding carboxylic acids is 1. The van der Waals surface area contributed by atoms with E-state index in [4.69, 9.17) is 5.11 Å². The lowest BCUT2D eigenvalue weighted by Gasteiger charge is -2.21. The van der Waals surface area contributed by atoms with Gasteiger partial charge in [0.2, 0.25) is 0 Å². The van der Waals surface area contributed by atoms with E-state index < -0.39 is 23.7 Å². The number of halogens is 2. The third kappa shape index (κ3) is 2.25. The topological polar surface area (TPSA) is 57.6 Å². The normalized spacial score (nSPS) is 19.0. The number of rotatable bonds is 2. The summed E-state index contributed by atoms with van der Waals surface area (Å²) in [6.07, 6.45) is 1.04. The Labute approximate surface area is 112 Å². The highest BCUT2D eigenvalue weighted by molar-refractivity contribution is 9.10. The number of likely N-dealkylation sites (tertiary alicyclic amines) is 1. The van der Waals surface area contributed by atoms with Crippen LogP contribution in [0.5, 0.6) is 0 Å². The van der Waals surface area contributed by atoms with E-state index in [2.05, 4.69) is 15.9 Å². The highest BCUT2D eigenvalue weighted by atomic mass is 79.9. The van der Waals surface area contributed by atoms with Gasteiger partial charge in [-0.15, -0.1) is 0 Å². The van der Waals surface area contributed by atoms with E-state index in [9.17, 15) is 14.0 Å². The Hall–Kier alpha value is -1.43. The molecule has 1 saturated heterocycles. The van der Waals surface area contributed by atoms with E-state index in [1.165, 1.54) is 17.0 Å². The van der Waals surface area contributed by atoms with E-state index in [1.54, 1.807) is 6.07 Å². The number of nitrogens with zero attached hydrogens (tertiary/aromatic N) is 1. The van der Waals surface area contributed by atoms with Crippen LogP contribution in [0, 0.1) is 5.82 Å². The van der Waals surface area contributed by atoms with Crippen molar-refractivity contribution >= 4 is 27.8 Å². The van der Waals surface area contributed by atoms with Gasteiger partial charge in [-0.05, 0) is 40.9 Å². The molecular weight excluding hydrogens is 305 g/mol. The number of carboxylic acid groups (broad SMARTS) is 1. The van der Waals surface area contributed by atoms with Gasteiger partial charge in [-0.25, -0.2) is 9.18 Å². The first kappa shape index (κ1) is 13.0. The molecule has 0 radical (unpaired) electrons. The summed E-state index contributed by atoms with van der Waals surface area (Å²) in [6, 6.07) is 3.55. The van der Waals surface area contributed by atoms with Crippen molar-refractivity contribution in [2.45, 2.75) is 18.9 Å². The average Bonchev–Trinajstić information content (AvgIpc) is 2.81. The molecule has 1 aliphatic rings. The summed E-state index contributed by atoms with van der Waals surface area (Å²) in [5.74, 6) is -2.27. The van der Waals surface area contributed by atoms with Crippen LogP contribution in [0.1, 0.15) is 23.2 Å². The van der Waals surface area contributed by atoms with Crippen LogP contribution in [0.3, 0.4) is 0 Å². The summed E-state index contributed by atoms with van der Waals surface area (Å²) in [6.45, 7) is 0.349. The first-order valence-electron chi connectivity index (χ1n) is 5.50. The van der Waals surface area contributed by atoms with Crippen molar-refractivity contribution in [2.75, 3.05) is 6.54 Å².